The zero-order valence-corrected chi connectivity index (χ0v) is 12.5. The highest BCUT2D eigenvalue weighted by Crippen LogP contribution is 2.22. The predicted octanol–water partition coefficient (Wildman–Crippen LogP) is 1.30. The smallest absolute Gasteiger partial charge is 0.239 e. The Kier molecular flexibility index (Phi) is 4.62. The fourth-order valence-electron chi connectivity index (χ4n) is 1.24. The van der Waals surface area contributed by atoms with Crippen LogP contribution in [-0.2, 0) is 9.84 Å². The summed E-state index contributed by atoms with van der Waals surface area (Å²) in [6.07, 6.45) is 1.22. The molecule has 1 aromatic heterocycles. The van der Waals surface area contributed by atoms with Crippen molar-refractivity contribution in [2.24, 2.45) is 0 Å². The molecule has 0 saturated heterocycles. The molecule has 1 aromatic rings. The molecule has 0 spiro atoms. The van der Waals surface area contributed by atoms with E-state index < -0.39 is 14.6 Å². The lowest BCUT2D eigenvalue weighted by molar-refractivity contribution is 0.329. The third kappa shape index (κ3) is 3.99. The van der Waals surface area contributed by atoms with Crippen LogP contribution >= 0.6 is 0 Å². The molecule has 0 aromatic carbocycles. The Labute approximate surface area is 114 Å². The van der Waals surface area contributed by atoms with E-state index >= 15 is 0 Å². The standard InChI is InChI=1S/C12H21N3O3S/c1-5-18-11-9(13)6-7-10(15-11)14-8-12(2,3)19(4,16)17/h6-7H,5,8,13H2,1-4H3,(H,14,15). The van der Waals surface area contributed by atoms with Crippen LogP contribution in [0.2, 0.25) is 0 Å². The van der Waals surface area contributed by atoms with Gasteiger partial charge < -0.3 is 15.8 Å². The molecule has 1 heterocycles. The number of nitrogens with two attached hydrogens (primary N) is 1. The first-order valence-electron chi connectivity index (χ1n) is 6.00. The van der Waals surface area contributed by atoms with E-state index in [-0.39, 0.29) is 6.54 Å². The van der Waals surface area contributed by atoms with E-state index in [1.807, 2.05) is 6.92 Å². The molecule has 19 heavy (non-hydrogen) atoms. The van der Waals surface area contributed by atoms with Crippen LogP contribution in [0.5, 0.6) is 5.88 Å². The first kappa shape index (κ1) is 15.6. The minimum absolute atomic E-state index is 0.258. The second-order valence-corrected chi connectivity index (χ2v) is 7.56. The highest BCUT2D eigenvalue weighted by molar-refractivity contribution is 7.92. The molecule has 0 aliphatic carbocycles. The van der Waals surface area contributed by atoms with E-state index in [1.54, 1.807) is 26.0 Å². The Hall–Kier alpha value is -1.50. The predicted molar refractivity (Wildman–Crippen MR) is 77.2 cm³/mol. The quantitative estimate of drug-likeness (QED) is 0.819. The van der Waals surface area contributed by atoms with E-state index in [0.717, 1.165) is 0 Å². The lowest BCUT2D eigenvalue weighted by Crippen LogP contribution is -2.38. The highest BCUT2D eigenvalue weighted by atomic mass is 32.2. The average Bonchev–Trinajstić information content (AvgIpc) is 2.29. The summed E-state index contributed by atoms with van der Waals surface area (Å²) in [6, 6.07) is 3.37. The van der Waals surface area contributed by atoms with Gasteiger partial charge in [-0.1, -0.05) is 0 Å². The lowest BCUT2D eigenvalue weighted by atomic mass is 10.2. The first-order valence-corrected chi connectivity index (χ1v) is 7.89. The minimum atomic E-state index is -3.15. The van der Waals surface area contributed by atoms with Gasteiger partial charge in [0.15, 0.2) is 9.84 Å². The number of anilines is 2. The van der Waals surface area contributed by atoms with Gasteiger partial charge in [0.25, 0.3) is 0 Å². The van der Waals surface area contributed by atoms with Crippen LogP contribution in [0.1, 0.15) is 20.8 Å². The van der Waals surface area contributed by atoms with Gasteiger partial charge in [0.05, 0.1) is 17.0 Å². The maximum Gasteiger partial charge on any atom is 0.239 e. The molecular weight excluding hydrogens is 266 g/mol. The number of nitrogens with zero attached hydrogens (tertiary/aromatic N) is 1. The molecule has 0 unspecified atom stereocenters. The lowest BCUT2D eigenvalue weighted by Gasteiger charge is -2.23. The summed E-state index contributed by atoms with van der Waals surface area (Å²) in [5, 5.41) is 2.99. The fourth-order valence-corrected chi connectivity index (χ4v) is 1.57. The van der Waals surface area contributed by atoms with Gasteiger partial charge in [0.1, 0.15) is 5.82 Å². The summed E-state index contributed by atoms with van der Waals surface area (Å²) in [4.78, 5) is 4.19. The number of nitrogens with one attached hydrogen (secondary N) is 1. The molecule has 0 bridgehead atoms. The summed E-state index contributed by atoms with van der Waals surface area (Å²) in [5.41, 5.74) is 6.17. The minimum Gasteiger partial charge on any atom is -0.476 e. The topological polar surface area (TPSA) is 94.3 Å². The van der Waals surface area contributed by atoms with Crippen LogP contribution in [0.4, 0.5) is 11.5 Å². The Bertz CT molecular complexity index is 541. The van der Waals surface area contributed by atoms with Gasteiger partial charge in [0.2, 0.25) is 5.88 Å². The van der Waals surface area contributed by atoms with Crippen LogP contribution in [0.3, 0.4) is 0 Å². The second kappa shape index (κ2) is 5.64. The van der Waals surface area contributed by atoms with Crippen LogP contribution in [0.25, 0.3) is 0 Å². The van der Waals surface area contributed by atoms with Crippen LogP contribution < -0.4 is 15.8 Å². The van der Waals surface area contributed by atoms with Gasteiger partial charge in [-0.3, -0.25) is 0 Å². The van der Waals surface area contributed by atoms with Gasteiger partial charge in [-0.2, -0.15) is 4.98 Å². The van der Waals surface area contributed by atoms with Gasteiger partial charge in [-0.05, 0) is 32.9 Å². The molecule has 0 aliphatic heterocycles. The monoisotopic (exact) mass is 287 g/mol. The highest BCUT2D eigenvalue weighted by Gasteiger charge is 2.29. The number of ether oxygens (including phenoxy) is 1. The van der Waals surface area contributed by atoms with Crippen molar-refractivity contribution in [2.75, 3.05) is 30.5 Å². The van der Waals surface area contributed by atoms with Crippen LogP contribution in [-0.4, -0.2) is 37.6 Å². The SMILES string of the molecule is CCOc1nc(NCC(C)(C)S(C)(=O)=O)ccc1N. The van der Waals surface area contributed by atoms with Crippen LogP contribution in [0.15, 0.2) is 12.1 Å². The Morgan fingerprint density at radius 1 is 1.42 bits per heavy atom. The molecule has 7 heteroatoms. The molecule has 0 radical (unpaired) electrons. The number of hydrogen-bond donors (Lipinski definition) is 2. The summed E-state index contributed by atoms with van der Waals surface area (Å²) in [7, 11) is -3.15. The Balaban J connectivity index is 2.82. The summed E-state index contributed by atoms with van der Waals surface area (Å²) in [6.45, 7) is 5.89. The van der Waals surface area contributed by atoms with Crippen molar-refractivity contribution in [2.45, 2.75) is 25.5 Å². The molecule has 1 rings (SSSR count). The number of sulfone groups is 1. The number of nitrogen functional groups attached to an aromatic ring is 1. The van der Waals surface area contributed by atoms with E-state index in [2.05, 4.69) is 10.3 Å². The van der Waals surface area contributed by atoms with Crippen molar-refractivity contribution < 1.29 is 13.2 Å². The van der Waals surface area contributed by atoms with Crippen molar-refractivity contribution >= 4 is 21.3 Å². The maximum atomic E-state index is 11.6. The molecule has 0 amide bonds. The molecule has 6 nitrogen and oxygen atoms in total. The largest absolute Gasteiger partial charge is 0.476 e. The Morgan fingerprint density at radius 3 is 2.58 bits per heavy atom. The molecule has 0 atom stereocenters. The summed E-state index contributed by atoms with van der Waals surface area (Å²) >= 11 is 0. The molecule has 0 saturated carbocycles. The van der Waals surface area contributed by atoms with Crippen molar-refractivity contribution in [1.29, 1.82) is 0 Å². The Morgan fingerprint density at radius 2 is 2.05 bits per heavy atom. The average molecular weight is 287 g/mol. The van der Waals surface area contributed by atoms with E-state index in [1.165, 1.54) is 6.26 Å². The summed E-state index contributed by atoms with van der Waals surface area (Å²) in [5.74, 6) is 0.888. The van der Waals surface area contributed by atoms with E-state index in [0.29, 0.717) is 24.0 Å². The molecule has 0 aliphatic rings. The second-order valence-electron chi connectivity index (χ2n) is 4.91. The van der Waals surface area contributed by atoms with Gasteiger partial charge in [-0.25, -0.2) is 8.42 Å². The molecule has 108 valence electrons. The zero-order valence-electron chi connectivity index (χ0n) is 11.7. The number of pyridine rings is 1. The van der Waals surface area contributed by atoms with E-state index in [9.17, 15) is 8.42 Å². The fraction of sp³-hybridized carbons (Fsp3) is 0.583. The molecule has 3 N–H and O–H groups in total. The van der Waals surface area contributed by atoms with Gasteiger partial charge in [-0.15, -0.1) is 0 Å². The normalized spacial score (nSPS) is 12.2. The third-order valence-electron chi connectivity index (χ3n) is 2.87. The third-order valence-corrected chi connectivity index (χ3v) is 5.02. The molecular formula is C12H21N3O3S. The van der Waals surface area contributed by atoms with Gasteiger partial charge in [0, 0.05) is 12.8 Å². The van der Waals surface area contributed by atoms with E-state index in [4.69, 9.17) is 10.5 Å². The van der Waals surface area contributed by atoms with Crippen molar-refractivity contribution in [3.8, 4) is 5.88 Å². The zero-order chi connectivity index (χ0) is 14.7. The summed E-state index contributed by atoms with van der Waals surface area (Å²) < 4.78 is 27.6. The number of rotatable bonds is 6. The van der Waals surface area contributed by atoms with Gasteiger partial charge >= 0.3 is 0 Å². The van der Waals surface area contributed by atoms with Crippen molar-refractivity contribution in [3.05, 3.63) is 12.1 Å². The first-order chi connectivity index (χ1) is 8.67. The van der Waals surface area contributed by atoms with Crippen LogP contribution in [0, 0.1) is 0 Å². The van der Waals surface area contributed by atoms with Crippen molar-refractivity contribution in [3.63, 3.8) is 0 Å². The number of aromatic nitrogens is 1. The molecule has 0 fully saturated rings. The van der Waals surface area contributed by atoms with Crippen molar-refractivity contribution in [1.82, 2.24) is 4.98 Å². The maximum absolute atomic E-state index is 11.6. The number of hydrogen-bond acceptors (Lipinski definition) is 6.